The molecule has 2 aromatic heterocycles. The normalized spacial score (nSPS) is 10.3. The number of rotatable bonds is 4. The van der Waals surface area contributed by atoms with Gasteiger partial charge >= 0.3 is 5.97 Å². The van der Waals surface area contributed by atoms with E-state index in [0.29, 0.717) is 27.2 Å². The molecule has 0 saturated heterocycles. The van der Waals surface area contributed by atoms with E-state index in [0.717, 1.165) is 0 Å². The van der Waals surface area contributed by atoms with Gasteiger partial charge in [0.15, 0.2) is 4.34 Å². The summed E-state index contributed by atoms with van der Waals surface area (Å²) in [5, 5.41) is 8.13. The Kier molecular flexibility index (Phi) is 4.11. The van der Waals surface area contributed by atoms with E-state index in [9.17, 15) is 4.79 Å². The minimum Gasteiger partial charge on any atom is -0.462 e. The van der Waals surface area contributed by atoms with Gasteiger partial charge in [-0.1, -0.05) is 11.3 Å². The van der Waals surface area contributed by atoms with Gasteiger partial charge < -0.3 is 10.5 Å². The first-order chi connectivity index (χ1) is 8.70. The number of hydrogen-bond acceptors (Lipinski definition) is 8. The molecular weight excluding hydrogens is 272 g/mol. The molecule has 2 rings (SSSR count). The summed E-state index contributed by atoms with van der Waals surface area (Å²) in [7, 11) is 0. The van der Waals surface area contributed by atoms with Crippen molar-refractivity contribution in [3.05, 3.63) is 23.3 Å². The number of nitrogens with two attached hydrogens (primary N) is 1. The Morgan fingerprint density at radius 2 is 2.44 bits per heavy atom. The maximum atomic E-state index is 11.8. The topological polar surface area (TPSA) is 91.0 Å². The van der Waals surface area contributed by atoms with E-state index in [1.54, 1.807) is 18.5 Å². The standard InChI is InChI=1S/C10H10N4O2S2/c1-2-16-9(15)7-3-6(11)4-12-8(7)18-10-14-13-5-17-10/h3-5H,2,11H2,1H3. The minimum atomic E-state index is -0.440. The van der Waals surface area contributed by atoms with Crippen molar-refractivity contribution in [3.63, 3.8) is 0 Å². The SMILES string of the molecule is CCOC(=O)c1cc(N)cnc1Sc1nncs1. The lowest BCUT2D eigenvalue weighted by atomic mass is 10.3. The first kappa shape index (κ1) is 12.8. The predicted molar refractivity (Wildman–Crippen MR) is 68.6 cm³/mol. The van der Waals surface area contributed by atoms with Crippen LogP contribution >= 0.6 is 23.1 Å². The number of esters is 1. The average Bonchev–Trinajstić information content (AvgIpc) is 2.84. The molecule has 2 N–H and O–H groups in total. The summed E-state index contributed by atoms with van der Waals surface area (Å²) < 4.78 is 5.67. The molecule has 0 spiro atoms. The molecule has 8 heteroatoms. The third-order valence-corrected chi connectivity index (χ3v) is 3.69. The molecule has 2 aromatic rings. The van der Waals surface area contributed by atoms with Gasteiger partial charge in [-0.25, -0.2) is 9.78 Å². The second-order valence-corrected chi connectivity index (χ2v) is 5.22. The van der Waals surface area contributed by atoms with Crippen molar-refractivity contribution in [1.82, 2.24) is 15.2 Å². The number of nitrogens with zero attached hydrogens (tertiary/aromatic N) is 3. The van der Waals surface area contributed by atoms with Crippen molar-refractivity contribution in [2.24, 2.45) is 0 Å². The average molecular weight is 282 g/mol. The summed E-state index contributed by atoms with van der Waals surface area (Å²) in [4.78, 5) is 15.9. The lowest BCUT2D eigenvalue weighted by Gasteiger charge is -2.06. The van der Waals surface area contributed by atoms with Crippen LogP contribution in [-0.4, -0.2) is 27.8 Å². The van der Waals surface area contributed by atoms with Gasteiger partial charge in [0.05, 0.1) is 24.1 Å². The van der Waals surface area contributed by atoms with Crippen molar-refractivity contribution < 1.29 is 9.53 Å². The summed E-state index contributed by atoms with van der Waals surface area (Å²) in [5.41, 5.74) is 8.01. The van der Waals surface area contributed by atoms with E-state index in [2.05, 4.69) is 15.2 Å². The Bertz CT molecular complexity index is 545. The van der Waals surface area contributed by atoms with Gasteiger partial charge in [0.1, 0.15) is 10.5 Å². The Labute approximate surface area is 112 Å². The number of hydrogen-bond donors (Lipinski definition) is 1. The predicted octanol–water partition coefficient (Wildman–Crippen LogP) is 1.84. The molecule has 0 aliphatic rings. The third-order valence-electron chi connectivity index (χ3n) is 1.89. The Balaban J connectivity index is 2.31. The van der Waals surface area contributed by atoms with Crippen LogP contribution in [0.15, 0.2) is 27.1 Å². The molecular formula is C10H10N4O2S2. The van der Waals surface area contributed by atoms with E-state index in [-0.39, 0.29) is 0 Å². The Morgan fingerprint density at radius 3 is 3.11 bits per heavy atom. The largest absolute Gasteiger partial charge is 0.462 e. The fraction of sp³-hybridized carbons (Fsp3) is 0.200. The number of aromatic nitrogens is 3. The summed E-state index contributed by atoms with van der Waals surface area (Å²) in [6.45, 7) is 2.05. The second-order valence-electron chi connectivity index (χ2n) is 3.15. The van der Waals surface area contributed by atoms with Crippen LogP contribution in [0.4, 0.5) is 5.69 Å². The maximum absolute atomic E-state index is 11.8. The van der Waals surface area contributed by atoms with Crippen LogP contribution in [0.1, 0.15) is 17.3 Å². The minimum absolute atomic E-state index is 0.302. The number of nitrogen functional groups attached to an aromatic ring is 1. The Morgan fingerprint density at radius 1 is 1.61 bits per heavy atom. The van der Waals surface area contributed by atoms with Crippen LogP contribution in [0.25, 0.3) is 0 Å². The lowest BCUT2D eigenvalue weighted by Crippen LogP contribution is -2.08. The lowest BCUT2D eigenvalue weighted by molar-refractivity contribution is 0.0521. The zero-order valence-corrected chi connectivity index (χ0v) is 11.1. The molecule has 0 unspecified atom stereocenters. The highest BCUT2D eigenvalue weighted by Gasteiger charge is 2.16. The molecule has 2 heterocycles. The first-order valence-corrected chi connectivity index (χ1v) is 6.77. The fourth-order valence-corrected chi connectivity index (χ4v) is 2.64. The van der Waals surface area contributed by atoms with Gasteiger partial charge in [-0.3, -0.25) is 0 Å². The molecule has 0 aromatic carbocycles. The number of ether oxygens (including phenoxy) is 1. The van der Waals surface area contributed by atoms with E-state index >= 15 is 0 Å². The van der Waals surface area contributed by atoms with Crippen LogP contribution in [0, 0.1) is 0 Å². The van der Waals surface area contributed by atoms with E-state index in [1.165, 1.54) is 29.3 Å². The van der Waals surface area contributed by atoms with E-state index in [1.807, 2.05) is 0 Å². The molecule has 0 aliphatic heterocycles. The maximum Gasteiger partial charge on any atom is 0.340 e. The highest BCUT2D eigenvalue weighted by molar-refractivity contribution is 8.01. The zero-order valence-electron chi connectivity index (χ0n) is 9.49. The number of anilines is 1. The van der Waals surface area contributed by atoms with Crippen LogP contribution in [0.2, 0.25) is 0 Å². The van der Waals surface area contributed by atoms with Crippen molar-refractivity contribution in [2.75, 3.05) is 12.3 Å². The summed E-state index contributed by atoms with van der Waals surface area (Å²) in [6.07, 6.45) is 1.49. The molecule has 94 valence electrons. The molecule has 6 nitrogen and oxygen atoms in total. The summed E-state index contributed by atoms with van der Waals surface area (Å²) in [6, 6.07) is 1.55. The monoisotopic (exact) mass is 282 g/mol. The van der Waals surface area contributed by atoms with Crippen molar-refractivity contribution in [2.45, 2.75) is 16.3 Å². The van der Waals surface area contributed by atoms with Crippen molar-refractivity contribution in [3.8, 4) is 0 Å². The summed E-state index contributed by atoms with van der Waals surface area (Å²) in [5.74, 6) is -0.440. The second kappa shape index (κ2) is 5.78. The van der Waals surface area contributed by atoms with Crippen LogP contribution in [0.5, 0.6) is 0 Å². The molecule has 0 amide bonds. The van der Waals surface area contributed by atoms with E-state index in [4.69, 9.17) is 10.5 Å². The van der Waals surface area contributed by atoms with Gasteiger partial charge in [0, 0.05) is 0 Å². The van der Waals surface area contributed by atoms with Gasteiger partial charge in [-0.15, -0.1) is 10.2 Å². The highest BCUT2D eigenvalue weighted by atomic mass is 32.2. The molecule has 0 radical (unpaired) electrons. The van der Waals surface area contributed by atoms with Crippen LogP contribution in [0.3, 0.4) is 0 Å². The molecule has 0 fully saturated rings. The molecule has 0 aliphatic carbocycles. The molecule has 0 atom stereocenters. The zero-order chi connectivity index (χ0) is 13.0. The molecule has 18 heavy (non-hydrogen) atoms. The van der Waals surface area contributed by atoms with Crippen molar-refractivity contribution >= 4 is 34.8 Å². The number of carbonyl (C=O) groups is 1. The van der Waals surface area contributed by atoms with Gasteiger partial charge in [0.25, 0.3) is 0 Å². The van der Waals surface area contributed by atoms with Gasteiger partial charge in [-0.2, -0.15) is 0 Å². The first-order valence-electron chi connectivity index (χ1n) is 5.07. The Hall–Kier alpha value is -1.67. The third kappa shape index (κ3) is 2.96. The van der Waals surface area contributed by atoms with Crippen LogP contribution in [-0.2, 0) is 4.74 Å². The number of pyridine rings is 1. The number of carbonyl (C=O) groups excluding carboxylic acids is 1. The van der Waals surface area contributed by atoms with Crippen LogP contribution < -0.4 is 5.73 Å². The van der Waals surface area contributed by atoms with Gasteiger partial charge in [0.2, 0.25) is 0 Å². The quantitative estimate of drug-likeness (QED) is 0.855. The molecule has 0 bridgehead atoms. The highest BCUT2D eigenvalue weighted by Crippen LogP contribution is 2.30. The van der Waals surface area contributed by atoms with E-state index < -0.39 is 5.97 Å². The van der Waals surface area contributed by atoms with Crippen molar-refractivity contribution in [1.29, 1.82) is 0 Å². The van der Waals surface area contributed by atoms with Gasteiger partial charge in [-0.05, 0) is 24.8 Å². The molecule has 0 saturated carbocycles. The fourth-order valence-electron chi connectivity index (χ4n) is 1.19. The smallest absolute Gasteiger partial charge is 0.340 e. The summed E-state index contributed by atoms with van der Waals surface area (Å²) >= 11 is 2.63.